The zero-order valence-electron chi connectivity index (χ0n) is 13.9. The lowest BCUT2D eigenvalue weighted by atomic mass is 10.0. The molecule has 0 saturated carbocycles. The quantitative estimate of drug-likeness (QED) is 0.531. The average Bonchev–Trinajstić information content (AvgIpc) is 3.11. The van der Waals surface area contributed by atoms with Crippen LogP contribution in [-0.2, 0) is 6.42 Å². The number of hydrogen-bond acceptors (Lipinski definition) is 5. The molecule has 4 aromatic heterocycles. The van der Waals surface area contributed by atoms with Crippen LogP contribution < -0.4 is 0 Å². The maximum Gasteiger partial charge on any atom is 0.172 e. The summed E-state index contributed by atoms with van der Waals surface area (Å²) in [5, 5.41) is 4.16. The summed E-state index contributed by atoms with van der Waals surface area (Å²) in [6.45, 7) is 1.98. The Bertz CT molecular complexity index is 1100. The van der Waals surface area contributed by atoms with Crippen molar-refractivity contribution in [1.82, 2.24) is 24.6 Å². The number of fused-ring (bicyclic) bond motifs is 1. The van der Waals surface area contributed by atoms with E-state index in [9.17, 15) is 9.18 Å². The lowest BCUT2D eigenvalue weighted by Crippen LogP contribution is -2.08. The second-order valence-corrected chi connectivity index (χ2v) is 5.93. The smallest absolute Gasteiger partial charge is 0.172 e. The molecule has 0 radical (unpaired) electrons. The van der Waals surface area contributed by atoms with Gasteiger partial charge in [0.25, 0.3) is 0 Å². The van der Waals surface area contributed by atoms with Gasteiger partial charge in [0, 0.05) is 35.4 Å². The van der Waals surface area contributed by atoms with E-state index in [2.05, 4.69) is 20.1 Å². The van der Waals surface area contributed by atoms with E-state index < -0.39 is 5.82 Å². The lowest BCUT2D eigenvalue weighted by molar-refractivity contribution is 0.0993. The SMILES string of the molecule is Cc1ccncc1-c1cc(C(=O)Cc2ccc(F)cn2)c2ncnn2c1. The number of pyridine rings is 3. The molecule has 4 rings (SSSR count). The minimum absolute atomic E-state index is 0.0538. The molecule has 0 fully saturated rings. The van der Waals surface area contributed by atoms with Gasteiger partial charge in [-0.25, -0.2) is 13.9 Å². The first-order valence-electron chi connectivity index (χ1n) is 8.00. The van der Waals surface area contributed by atoms with Gasteiger partial charge in [-0.1, -0.05) is 0 Å². The van der Waals surface area contributed by atoms with Crippen LogP contribution in [-0.4, -0.2) is 30.3 Å². The molecule has 0 aromatic carbocycles. The average molecular weight is 347 g/mol. The highest BCUT2D eigenvalue weighted by molar-refractivity contribution is 6.03. The minimum atomic E-state index is -0.435. The molecule has 0 N–H and O–H groups in total. The van der Waals surface area contributed by atoms with Gasteiger partial charge >= 0.3 is 0 Å². The molecule has 0 aliphatic rings. The molecule has 4 heterocycles. The number of aryl methyl sites for hydroxylation is 1. The van der Waals surface area contributed by atoms with Gasteiger partial charge in [0.05, 0.1) is 18.2 Å². The summed E-state index contributed by atoms with van der Waals surface area (Å²) in [4.78, 5) is 25.2. The van der Waals surface area contributed by atoms with Crippen LogP contribution in [0.4, 0.5) is 4.39 Å². The van der Waals surface area contributed by atoms with Crippen LogP contribution in [0.3, 0.4) is 0 Å². The molecule has 0 bridgehead atoms. The van der Waals surface area contributed by atoms with Gasteiger partial charge in [0.2, 0.25) is 0 Å². The van der Waals surface area contributed by atoms with Gasteiger partial charge in [0.1, 0.15) is 12.1 Å². The highest BCUT2D eigenvalue weighted by Gasteiger charge is 2.17. The summed E-state index contributed by atoms with van der Waals surface area (Å²) in [5.74, 6) is -0.597. The monoisotopic (exact) mass is 347 g/mol. The maximum absolute atomic E-state index is 13.0. The Morgan fingerprint density at radius 2 is 2.08 bits per heavy atom. The summed E-state index contributed by atoms with van der Waals surface area (Å²) in [6, 6.07) is 6.49. The Balaban J connectivity index is 1.78. The standard InChI is InChI=1S/C19H14FN5O/c1-12-4-5-21-9-17(12)13-6-16(19-23-11-24-25(19)10-13)18(26)7-15-3-2-14(20)8-22-15/h2-6,8-11H,7H2,1H3. The van der Waals surface area contributed by atoms with Crippen molar-refractivity contribution in [2.24, 2.45) is 0 Å². The van der Waals surface area contributed by atoms with Crippen LogP contribution >= 0.6 is 0 Å². The molecule has 7 heteroatoms. The third-order valence-corrected chi connectivity index (χ3v) is 4.16. The molecule has 0 saturated heterocycles. The van der Waals surface area contributed by atoms with Crippen molar-refractivity contribution in [3.8, 4) is 11.1 Å². The van der Waals surface area contributed by atoms with Crippen LogP contribution in [0, 0.1) is 12.7 Å². The van der Waals surface area contributed by atoms with Crippen LogP contribution in [0.2, 0.25) is 0 Å². The third kappa shape index (κ3) is 2.95. The Morgan fingerprint density at radius 1 is 1.19 bits per heavy atom. The van der Waals surface area contributed by atoms with E-state index in [1.807, 2.05) is 19.2 Å². The largest absolute Gasteiger partial charge is 0.294 e. The molecular formula is C19H14FN5O. The Kier molecular flexibility index (Phi) is 3.96. The zero-order valence-corrected chi connectivity index (χ0v) is 13.9. The van der Waals surface area contributed by atoms with Gasteiger partial charge in [-0.2, -0.15) is 5.10 Å². The van der Waals surface area contributed by atoms with Crippen molar-refractivity contribution in [3.63, 3.8) is 0 Å². The number of Topliss-reactive ketones (excluding diaryl/α,β-unsaturated/α-hetero) is 1. The number of ketones is 1. The number of carbonyl (C=O) groups excluding carboxylic acids is 1. The zero-order chi connectivity index (χ0) is 18.1. The van der Waals surface area contributed by atoms with E-state index >= 15 is 0 Å². The highest BCUT2D eigenvalue weighted by Crippen LogP contribution is 2.25. The van der Waals surface area contributed by atoms with Crippen molar-refractivity contribution < 1.29 is 9.18 Å². The number of hydrogen-bond donors (Lipinski definition) is 0. The van der Waals surface area contributed by atoms with Crippen molar-refractivity contribution in [1.29, 1.82) is 0 Å². The molecule has 26 heavy (non-hydrogen) atoms. The number of halogens is 1. The number of carbonyl (C=O) groups is 1. The highest BCUT2D eigenvalue weighted by atomic mass is 19.1. The van der Waals surface area contributed by atoms with Gasteiger partial charge in [-0.3, -0.25) is 14.8 Å². The second-order valence-electron chi connectivity index (χ2n) is 5.93. The molecule has 0 spiro atoms. The van der Waals surface area contributed by atoms with Gasteiger partial charge < -0.3 is 0 Å². The van der Waals surface area contributed by atoms with Gasteiger partial charge in [-0.05, 0) is 36.8 Å². The van der Waals surface area contributed by atoms with Gasteiger partial charge in [-0.15, -0.1) is 0 Å². The summed E-state index contributed by atoms with van der Waals surface area (Å²) < 4.78 is 14.6. The van der Waals surface area contributed by atoms with Crippen molar-refractivity contribution in [3.05, 3.63) is 78.0 Å². The normalized spacial score (nSPS) is 11.0. The van der Waals surface area contributed by atoms with E-state index in [4.69, 9.17) is 0 Å². The fourth-order valence-electron chi connectivity index (χ4n) is 2.82. The molecule has 6 nitrogen and oxygen atoms in total. The summed E-state index contributed by atoms with van der Waals surface area (Å²) >= 11 is 0. The second kappa shape index (κ2) is 6.44. The van der Waals surface area contributed by atoms with Crippen LogP contribution in [0.5, 0.6) is 0 Å². The van der Waals surface area contributed by atoms with Crippen molar-refractivity contribution in [2.45, 2.75) is 13.3 Å². The predicted molar refractivity (Wildman–Crippen MR) is 93.2 cm³/mol. The first-order valence-corrected chi connectivity index (χ1v) is 8.00. The molecule has 0 amide bonds. The third-order valence-electron chi connectivity index (χ3n) is 4.16. The summed E-state index contributed by atoms with van der Waals surface area (Å²) in [5.41, 5.74) is 4.19. The first kappa shape index (κ1) is 16.0. The predicted octanol–water partition coefficient (Wildman–Crippen LogP) is 3.06. The first-order chi connectivity index (χ1) is 12.6. The molecule has 0 atom stereocenters. The van der Waals surface area contributed by atoms with E-state index in [0.29, 0.717) is 16.9 Å². The minimum Gasteiger partial charge on any atom is -0.294 e. The fourth-order valence-corrected chi connectivity index (χ4v) is 2.82. The molecule has 0 unspecified atom stereocenters. The lowest BCUT2D eigenvalue weighted by Gasteiger charge is -2.09. The van der Waals surface area contributed by atoms with Crippen LogP contribution in [0.1, 0.15) is 21.6 Å². The Labute approximate surface area is 148 Å². The molecule has 128 valence electrons. The molecule has 4 aromatic rings. The van der Waals surface area contributed by atoms with E-state index in [-0.39, 0.29) is 12.2 Å². The molecular weight excluding hydrogens is 333 g/mol. The van der Waals surface area contributed by atoms with E-state index in [0.717, 1.165) is 22.9 Å². The number of aromatic nitrogens is 5. The van der Waals surface area contributed by atoms with E-state index in [1.165, 1.54) is 18.5 Å². The number of nitrogens with zero attached hydrogens (tertiary/aromatic N) is 5. The van der Waals surface area contributed by atoms with Gasteiger partial charge in [0.15, 0.2) is 11.4 Å². The summed E-state index contributed by atoms with van der Waals surface area (Å²) in [7, 11) is 0. The van der Waals surface area contributed by atoms with Crippen LogP contribution in [0.25, 0.3) is 16.8 Å². The van der Waals surface area contributed by atoms with Crippen molar-refractivity contribution >= 4 is 11.4 Å². The molecule has 0 aliphatic heterocycles. The topological polar surface area (TPSA) is 73.0 Å². The summed E-state index contributed by atoms with van der Waals surface area (Å²) in [6.07, 6.45) is 7.85. The fraction of sp³-hybridized carbons (Fsp3) is 0.105. The van der Waals surface area contributed by atoms with Crippen molar-refractivity contribution in [2.75, 3.05) is 0 Å². The Hall–Kier alpha value is -3.48. The Morgan fingerprint density at radius 3 is 2.85 bits per heavy atom. The maximum atomic E-state index is 13.0. The van der Waals surface area contributed by atoms with Crippen LogP contribution in [0.15, 0.2) is 55.4 Å². The molecule has 0 aliphatic carbocycles. The number of rotatable bonds is 4. The van der Waals surface area contributed by atoms with E-state index in [1.54, 1.807) is 23.0 Å².